The van der Waals surface area contributed by atoms with Crippen molar-refractivity contribution in [3.63, 3.8) is 0 Å². The average molecular weight is 1390 g/mol. The molecule has 46 heteroatoms. The molecule has 0 heterocycles. The molecule has 0 aromatic carbocycles. The number of rotatable bonds is 12. The minimum atomic E-state index is -4.94. The molecule has 0 spiro atoms. The minimum absolute atomic E-state index is 0. The van der Waals surface area contributed by atoms with Crippen molar-refractivity contribution in [3.05, 3.63) is 0 Å². The number of nitrogens with zero attached hydrogens (tertiary/aromatic N) is 12. The van der Waals surface area contributed by atoms with Crippen molar-refractivity contribution < 1.29 is 207 Å². The van der Waals surface area contributed by atoms with Crippen LogP contribution in [0.25, 0.3) is 0 Å². The Morgan fingerprint density at radius 3 is 0.171 bits per heavy atom. The van der Waals surface area contributed by atoms with Gasteiger partial charge in [0, 0.05) is 169 Å². The number of halogens is 4. The van der Waals surface area contributed by atoms with E-state index in [4.69, 9.17) is 74.5 Å². The zero-order chi connectivity index (χ0) is 69.4. The third-order valence-electron chi connectivity index (χ3n) is 2.53. The molecule has 12 amide bonds. The maximum atomic E-state index is 9.43. The largest absolute Gasteiger partial charge is 2.00 e. The van der Waals surface area contributed by atoms with Crippen LogP contribution >= 0.6 is 0 Å². The summed E-state index contributed by atoms with van der Waals surface area (Å²) in [4.78, 5) is 130. The normalized spacial score (nSPS) is 7.90. The van der Waals surface area contributed by atoms with E-state index in [0.29, 0.717) is 0 Å². The first-order valence-electron chi connectivity index (χ1n) is 19.1. The molecule has 0 atom stereocenters. The first kappa shape index (κ1) is 128. The van der Waals surface area contributed by atoms with Crippen LogP contribution in [0.15, 0.2) is 0 Å². The van der Waals surface area contributed by atoms with Crippen LogP contribution in [0.5, 0.6) is 0 Å². The molecule has 0 aliphatic heterocycles. The van der Waals surface area contributed by atoms with E-state index in [9.17, 15) is 57.5 Å². The predicted octanol–water partition coefficient (Wildman–Crippen LogP) is -22.6. The van der Waals surface area contributed by atoms with E-state index in [0.717, 1.165) is 76.9 Å². The molecule has 0 aliphatic rings. The molecule has 0 N–H and O–H groups in total. The molecule has 2 radical (unpaired) electrons. The second-order valence-electron chi connectivity index (χ2n) is 14.3. The Labute approximate surface area is 509 Å². The van der Waals surface area contributed by atoms with Crippen molar-refractivity contribution >= 4 is 76.9 Å². The summed E-state index contributed by atoms with van der Waals surface area (Å²) in [6, 6.07) is 0. The first-order valence-corrected chi connectivity index (χ1v) is 24.1. The minimum Gasteiger partial charge on any atom is -0.351 e. The molecular weight excluding hydrogens is 1310 g/mol. The molecule has 0 saturated heterocycles. The van der Waals surface area contributed by atoms with Gasteiger partial charge in [0.25, 0.3) is 0 Å². The summed E-state index contributed by atoms with van der Waals surface area (Å²) >= 11 is 0. The van der Waals surface area contributed by atoms with Crippen molar-refractivity contribution in [1.82, 2.24) is 58.8 Å². The van der Waals surface area contributed by atoms with Crippen LogP contribution < -0.4 is 74.5 Å². The van der Waals surface area contributed by atoms with Crippen LogP contribution in [0.1, 0.15) is 0 Å². The summed E-state index contributed by atoms with van der Waals surface area (Å²) in [5, 5.41) is 0. The van der Waals surface area contributed by atoms with Crippen molar-refractivity contribution in [3.8, 4) is 0 Å². The molecule has 0 bridgehead atoms. The SMILES string of the molecule is CN(C)C=O.CN(C)C=O.CN(C)C=O.CN(C)C=O.CN(C)C=O.CN(C)C=O.CN(C)C=O.CN(C)C=O.CN(C)C=O.CN(C)C=O.CN(C)C=O.CN(C)C=O.[Co+2].[Co+2].[O-][Cl+3]([O-])([O-])[O-].[O-][Cl+3]([O-])([O-])[O-].[O-][Cl+3]([O-])([O-])[O-].[O-][Cl+3]([O-])([O-])[O-]. The molecule has 0 saturated carbocycles. The van der Waals surface area contributed by atoms with Gasteiger partial charge in [0.15, 0.2) is 0 Å². The molecule has 0 fully saturated rings. The van der Waals surface area contributed by atoms with Gasteiger partial charge in [-0.3, -0.25) is 57.5 Å². The third-order valence-corrected chi connectivity index (χ3v) is 2.53. The van der Waals surface area contributed by atoms with Crippen LogP contribution in [0.3, 0.4) is 0 Å². The fourth-order valence-corrected chi connectivity index (χ4v) is 0. The van der Waals surface area contributed by atoms with Gasteiger partial charge in [-0.05, 0) is 0 Å². The van der Waals surface area contributed by atoms with E-state index in [1.807, 2.05) is 0 Å². The molecule has 40 nitrogen and oxygen atoms in total. The van der Waals surface area contributed by atoms with E-state index >= 15 is 0 Å². The standard InChI is InChI=1S/12C3H7NO.4ClHO4.2Co/c12*1-4(2)3-5;4*2-1(3,4)5;;/h12*3H,1-2H3;4*(H,2,3,4,5);;/q;;;;;;;;;;;;;;;;2*+2/p-4. The van der Waals surface area contributed by atoms with Gasteiger partial charge in [-0.25, -0.2) is 74.5 Å². The Morgan fingerprint density at radius 2 is 0.171 bits per heavy atom. The average Bonchev–Trinajstić information content (AvgIpc) is 3.28. The van der Waals surface area contributed by atoms with E-state index < -0.39 is 41.0 Å². The van der Waals surface area contributed by atoms with Crippen molar-refractivity contribution in [1.29, 1.82) is 0 Å². The number of hydrogen-bond acceptors (Lipinski definition) is 28. The second kappa shape index (κ2) is 95.4. The molecule has 0 aliphatic carbocycles. The van der Waals surface area contributed by atoms with Crippen LogP contribution in [0.2, 0.25) is 0 Å². The predicted molar refractivity (Wildman–Crippen MR) is 237 cm³/mol. The van der Waals surface area contributed by atoms with E-state index in [1.54, 1.807) is 169 Å². The third kappa shape index (κ3) is 1130. The van der Waals surface area contributed by atoms with Crippen LogP contribution in [-0.4, -0.2) is 305 Å². The zero-order valence-electron chi connectivity index (χ0n) is 49.9. The number of hydrogen-bond donors (Lipinski definition) is 0. The number of carbonyl (C=O) groups excluding carboxylic acids is 12. The molecule has 82 heavy (non-hydrogen) atoms. The summed E-state index contributed by atoms with van der Waals surface area (Å²) < 4.78 is 136. The summed E-state index contributed by atoms with van der Waals surface area (Å²) in [7, 11) is 20.7. The Kier molecular flexibility index (Phi) is 149. The van der Waals surface area contributed by atoms with Crippen LogP contribution in [0, 0.1) is 41.0 Å². The molecule has 502 valence electrons. The van der Waals surface area contributed by atoms with E-state index in [1.165, 1.54) is 58.8 Å². The van der Waals surface area contributed by atoms with Gasteiger partial charge in [-0.15, -0.1) is 41.0 Å². The van der Waals surface area contributed by atoms with Gasteiger partial charge in [0.2, 0.25) is 76.9 Å². The van der Waals surface area contributed by atoms with Gasteiger partial charge >= 0.3 is 33.6 Å². The van der Waals surface area contributed by atoms with Gasteiger partial charge in [-0.2, -0.15) is 0 Å². The monoisotopic (exact) mass is 1390 g/mol. The second-order valence-corrected chi connectivity index (χ2v) is 17.4. The molecule has 0 aromatic heterocycles. The molecule has 0 aromatic rings. The van der Waals surface area contributed by atoms with Crippen LogP contribution in [0.4, 0.5) is 0 Å². The smallest absolute Gasteiger partial charge is 0.351 e. The summed E-state index contributed by atoms with van der Waals surface area (Å²) in [6.07, 6.45) is 9.00. The zero-order valence-corrected chi connectivity index (χ0v) is 55.0. The summed E-state index contributed by atoms with van der Waals surface area (Å²) in [6.45, 7) is 0. The fraction of sp³-hybridized carbons (Fsp3) is 0.667. The Morgan fingerprint density at radius 1 is 0.159 bits per heavy atom. The van der Waals surface area contributed by atoms with Gasteiger partial charge in [0.1, 0.15) is 0 Å². The van der Waals surface area contributed by atoms with E-state index in [-0.39, 0.29) is 33.6 Å². The van der Waals surface area contributed by atoms with E-state index in [2.05, 4.69) is 0 Å². The quantitative estimate of drug-likeness (QED) is 0.164. The Balaban J connectivity index is -0.0000000332. The molecular formula is C36H84Cl4Co2N12O28. The topological polar surface area (TPSA) is 613 Å². The molecule has 0 rings (SSSR count). The van der Waals surface area contributed by atoms with Crippen molar-refractivity contribution in [2.24, 2.45) is 0 Å². The van der Waals surface area contributed by atoms with Crippen molar-refractivity contribution in [2.45, 2.75) is 0 Å². The maximum absolute atomic E-state index is 9.43. The van der Waals surface area contributed by atoms with Gasteiger partial charge in [-0.1, -0.05) is 0 Å². The summed E-state index contributed by atoms with van der Waals surface area (Å²) in [5.41, 5.74) is 0. The Hall–Kier alpha value is -4.83. The number of carbonyl (C=O) groups is 12. The maximum Gasteiger partial charge on any atom is 2.00 e. The summed E-state index contributed by atoms with van der Waals surface area (Å²) in [5.74, 6) is 0. The molecule has 0 unspecified atom stereocenters. The van der Waals surface area contributed by atoms with Gasteiger partial charge < -0.3 is 58.8 Å². The first-order chi connectivity index (χ1) is 35.2. The fourth-order valence-electron chi connectivity index (χ4n) is 0. The van der Waals surface area contributed by atoms with Crippen LogP contribution in [-0.2, 0) is 91.1 Å². The Bertz CT molecular complexity index is 996. The number of amides is 12. The van der Waals surface area contributed by atoms with Gasteiger partial charge in [0.05, 0.1) is 0 Å². The van der Waals surface area contributed by atoms with Crippen molar-refractivity contribution in [2.75, 3.05) is 169 Å².